The Morgan fingerprint density at radius 3 is 2.68 bits per heavy atom. The van der Waals surface area contributed by atoms with E-state index in [0.29, 0.717) is 16.7 Å². The zero-order chi connectivity index (χ0) is 29.9. The number of carbonyl (C=O) groups is 1. The molecule has 6 aromatic rings. The zero-order valence-electron chi connectivity index (χ0n) is 23.6. The largest absolute Gasteiger partial charge is 0.378 e. The Morgan fingerprint density at radius 2 is 1.80 bits per heavy atom. The lowest BCUT2D eigenvalue weighted by atomic mass is 10.1. The molecular formula is C33H28ClN7O2S. The number of ether oxygens (including phenoxy) is 1. The first-order valence-electron chi connectivity index (χ1n) is 14.2. The van der Waals surface area contributed by atoms with Crippen molar-refractivity contribution in [3.8, 4) is 22.6 Å². The molecule has 0 atom stereocenters. The molecule has 0 unspecified atom stereocenters. The molecule has 1 aliphatic heterocycles. The third kappa shape index (κ3) is 6.00. The molecule has 1 aliphatic rings. The third-order valence-corrected chi connectivity index (χ3v) is 8.49. The van der Waals surface area contributed by atoms with Crippen molar-refractivity contribution in [2.24, 2.45) is 0 Å². The molecule has 44 heavy (non-hydrogen) atoms. The van der Waals surface area contributed by atoms with Gasteiger partial charge < -0.3 is 20.3 Å². The zero-order valence-corrected chi connectivity index (χ0v) is 25.2. The average molecular weight is 622 g/mol. The highest BCUT2D eigenvalue weighted by Crippen LogP contribution is 2.35. The van der Waals surface area contributed by atoms with E-state index in [0.717, 1.165) is 70.8 Å². The number of fused-ring (bicyclic) bond motifs is 1. The van der Waals surface area contributed by atoms with Gasteiger partial charge >= 0.3 is 0 Å². The van der Waals surface area contributed by atoms with Gasteiger partial charge in [0.25, 0.3) is 0 Å². The minimum Gasteiger partial charge on any atom is -0.378 e. The number of hydrogen-bond acceptors (Lipinski definition) is 8. The van der Waals surface area contributed by atoms with Gasteiger partial charge in [-0.2, -0.15) is 0 Å². The molecule has 4 heterocycles. The first-order valence-corrected chi connectivity index (χ1v) is 15.5. The number of anilines is 4. The van der Waals surface area contributed by atoms with Crippen LogP contribution in [0.1, 0.15) is 5.56 Å². The van der Waals surface area contributed by atoms with Crippen LogP contribution in [0.4, 0.5) is 23.0 Å². The molecule has 11 heteroatoms. The summed E-state index contributed by atoms with van der Waals surface area (Å²) in [6.45, 7) is 3.18. The van der Waals surface area contributed by atoms with Crippen LogP contribution in [0.2, 0.25) is 5.02 Å². The Bertz CT molecular complexity index is 1950. The van der Waals surface area contributed by atoms with Gasteiger partial charge in [0.15, 0.2) is 4.96 Å². The van der Waals surface area contributed by atoms with Crippen molar-refractivity contribution in [3.05, 3.63) is 107 Å². The maximum absolute atomic E-state index is 12.8. The Hall–Kier alpha value is -4.77. The quantitative estimate of drug-likeness (QED) is 0.190. The summed E-state index contributed by atoms with van der Waals surface area (Å²) in [4.78, 5) is 30.4. The molecular weight excluding hydrogens is 594 g/mol. The first-order chi connectivity index (χ1) is 21.6. The first kappa shape index (κ1) is 28.0. The summed E-state index contributed by atoms with van der Waals surface area (Å²) in [5.41, 5.74) is 6.67. The minimum absolute atomic E-state index is 0.148. The third-order valence-electron chi connectivity index (χ3n) is 7.37. The normalized spacial score (nSPS) is 13.2. The summed E-state index contributed by atoms with van der Waals surface area (Å²) in [5, 5.41) is 8.95. The van der Waals surface area contributed by atoms with Crippen molar-refractivity contribution in [3.63, 3.8) is 0 Å². The molecule has 0 radical (unpaired) electrons. The molecule has 9 nitrogen and oxygen atoms in total. The number of benzene rings is 3. The van der Waals surface area contributed by atoms with Crippen LogP contribution in [0.25, 0.3) is 27.6 Å². The molecule has 2 N–H and O–H groups in total. The van der Waals surface area contributed by atoms with E-state index in [1.54, 1.807) is 23.6 Å². The molecule has 1 saturated heterocycles. The van der Waals surface area contributed by atoms with Gasteiger partial charge in [-0.1, -0.05) is 48.0 Å². The highest BCUT2D eigenvalue weighted by Gasteiger charge is 2.19. The van der Waals surface area contributed by atoms with Crippen LogP contribution in [0.3, 0.4) is 0 Å². The molecule has 1 amide bonds. The van der Waals surface area contributed by atoms with E-state index in [2.05, 4.69) is 32.7 Å². The second kappa shape index (κ2) is 12.5. The topological polar surface area (TPSA) is 96.7 Å². The fourth-order valence-electron chi connectivity index (χ4n) is 5.28. The van der Waals surface area contributed by atoms with E-state index in [4.69, 9.17) is 26.3 Å². The van der Waals surface area contributed by atoms with Crippen molar-refractivity contribution in [2.75, 3.05) is 41.8 Å². The van der Waals surface area contributed by atoms with Crippen molar-refractivity contribution in [1.82, 2.24) is 19.4 Å². The van der Waals surface area contributed by atoms with Gasteiger partial charge in [-0.25, -0.2) is 15.0 Å². The van der Waals surface area contributed by atoms with Crippen LogP contribution in [-0.4, -0.2) is 51.6 Å². The van der Waals surface area contributed by atoms with Crippen LogP contribution in [0.15, 0.2) is 96.6 Å². The van der Waals surface area contributed by atoms with Crippen molar-refractivity contribution in [2.45, 2.75) is 6.42 Å². The number of halogens is 1. The molecule has 220 valence electrons. The second-order valence-corrected chi connectivity index (χ2v) is 11.6. The molecule has 3 aromatic heterocycles. The second-order valence-electron chi connectivity index (χ2n) is 10.3. The van der Waals surface area contributed by atoms with E-state index in [1.165, 1.54) is 0 Å². The van der Waals surface area contributed by atoms with Gasteiger partial charge in [0, 0.05) is 58.5 Å². The summed E-state index contributed by atoms with van der Waals surface area (Å²) in [5.74, 6) is 0.337. The van der Waals surface area contributed by atoms with Crippen molar-refractivity contribution in [1.29, 1.82) is 0 Å². The van der Waals surface area contributed by atoms with Gasteiger partial charge in [-0.3, -0.25) is 9.20 Å². The lowest BCUT2D eigenvalue weighted by molar-refractivity contribution is -0.115. The number of carbonyl (C=O) groups excluding carboxylic acids is 1. The van der Waals surface area contributed by atoms with E-state index in [9.17, 15) is 4.79 Å². The number of hydrogen-bond donors (Lipinski definition) is 2. The summed E-state index contributed by atoms with van der Waals surface area (Å²) < 4.78 is 7.54. The lowest BCUT2D eigenvalue weighted by Crippen LogP contribution is -2.36. The van der Waals surface area contributed by atoms with Crippen LogP contribution < -0.4 is 15.5 Å². The van der Waals surface area contributed by atoms with E-state index in [-0.39, 0.29) is 12.3 Å². The Balaban J connectivity index is 1.16. The molecule has 0 saturated carbocycles. The molecule has 0 spiro atoms. The number of morpholine rings is 1. The predicted molar refractivity (Wildman–Crippen MR) is 176 cm³/mol. The van der Waals surface area contributed by atoms with Gasteiger partial charge in [0.1, 0.15) is 5.69 Å². The number of nitrogens with zero attached hydrogens (tertiary/aromatic N) is 5. The summed E-state index contributed by atoms with van der Waals surface area (Å²) in [6, 6.07) is 25.2. The number of aromatic nitrogens is 4. The number of amides is 1. The van der Waals surface area contributed by atoms with E-state index >= 15 is 0 Å². The van der Waals surface area contributed by atoms with Crippen LogP contribution in [0, 0.1) is 0 Å². The fourth-order valence-corrected chi connectivity index (χ4v) is 6.19. The van der Waals surface area contributed by atoms with Gasteiger partial charge in [-0.15, -0.1) is 11.3 Å². The number of imidazole rings is 1. The summed E-state index contributed by atoms with van der Waals surface area (Å²) in [7, 11) is 0. The van der Waals surface area contributed by atoms with Crippen LogP contribution >= 0.6 is 22.9 Å². The predicted octanol–water partition coefficient (Wildman–Crippen LogP) is 6.93. The Labute approximate surface area is 263 Å². The molecule has 7 rings (SSSR count). The van der Waals surface area contributed by atoms with Crippen LogP contribution in [-0.2, 0) is 16.0 Å². The standard InChI is InChI=1S/C33H28ClN7O2S/c34-27-10-2-1-5-22(27)20-29(42)36-24-7-3-6-23(19-24)30-31(41-15-18-44-33(41)39-30)28-11-12-35-32(38-28)37-25-8-4-9-26(21-25)40-13-16-43-17-14-40/h1-12,15,18-19,21H,13-14,16-17,20H2,(H,36,42)(H,35,37,38). The maximum Gasteiger partial charge on any atom is 0.228 e. The highest BCUT2D eigenvalue weighted by molar-refractivity contribution is 7.15. The highest BCUT2D eigenvalue weighted by atomic mass is 35.5. The molecule has 3 aromatic carbocycles. The number of thiazole rings is 1. The fraction of sp³-hybridized carbons (Fsp3) is 0.152. The minimum atomic E-state index is -0.148. The SMILES string of the molecule is O=C(Cc1ccccc1Cl)Nc1cccc(-c2nc3sccn3c2-c2ccnc(Nc3cccc(N4CCOCC4)c3)n2)c1. The number of rotatable bonds is 8. The molecule has 1 fully saturated rings. The molecule has 0 aliphatic carbocycles. The van der Waals surface area contributed by atoms with E-state index < -0.39 is 0 Å². The Kier molecular flexibility index (Phi) is 7.93. The van der Waals surface area contributed by atoms with Crippen molar-refractivity contribution >= 4 is 56.8 Å². The molecule has 0 bridgehead atoms. The summed E-state index contributed by atoms with van der Waals surface area (Å²) in [6.07, 6.45) is 3.92. The maximum atomic E-state index is 12.8. The van der Waals surface area contributed by atoms with Gasteiger partial charge in [0.05, 0.1) is 31.0 Å². The Morgan fingerprint density at radius 1 is 0.955 bits per heavy atom. The van der Waals surface area contributed by atoms with Gasteiger partial charge in [0.2, 0.25) is 11.9 Å². The number of nitrogens with one attached hydrogen (secondary N) is 2. The van der Waals surface area contributed by atoms with Crippen LogP contribution in [0.5, 0.6) is 0 Å². The average Bonchev–Trinajstić information content (AvgIpc) is 3.65. The van der Waals surface area contributed by atoms with Crippen molar-refractivity contribution < 1.29 is 9.53 Å². The van der Waals surface area contributed by atoms with E-state index in [1.807, 2.05) is 76.6 Å². The van der Waals surface area contributed by atoms with Gasteiger partial charge in [-0.05, 0) is 48.0 Å². The smallest absolute Gasteiger partial charge is 0.228 e. The lowest BCUT2D eigenvalue weighted by Gasteiger charge is -2.29. The summed E-state index contributed by atoms with van der Waals surface area (Å²) >= 11 is 7.81. The monoisotopic (exact) mass is 621 g/mol.